The molecule has 0 aliphatic carbocycles. The van der Waals surface area contributed by atoms with Crippen LogP contribution in [0.5, 0.6) is 0 Å². The molecule has 0 atom stereocenters. The second-order valence-corrected chi connectivity index (χ2v) is 11.4. The monoisotopic (exact) mass is 570 g/mol. The SMILES string of the molecule is CN1CCN(CCC(=O)Nc2c(=O)c3cnc(N4CCCN(C)CC4)nc3n3c2sc2ccccc23)CC1.Cl. The summed E-state index contributed by atoms with van der Waals surface area (Å²) in [5.74, 6) is 0.492. The van der Waals surface area contributed by atoms with Crippen molar-refractivity contribution in [2.75, 3.05) is 83.2 Å². The third-order valence-corrected chi connectivity index (χ3v) is 8.83. The standard InChI is InChI=1S/C27H34N8O2S.ClH/c1-31-9-5-10-34(17-14-31)27-28-18-19-24(37)23(29-22(36)8-11-33-15-12-32(2)13-16-33)26-35(25(19)30-27)20-6-3-4-7-21(20)38-26;/h3-4,6-7,18H,5,8-17H2,1-2H3,(H,29,36);1H. The number of hydrogen-bond donors (Lipinski definition) is 1. The summed E-state index contributed by atoms with van der Waals surface area (Å²) in [5, 5.41) is 3.39. The van der Waals surface area contributed by atoms with E-state index in [9.17, 15) is 9.59 Å². The highest BCUT2D eigenvalue weighted by Gasteiger charge is 2.22. The van der Waals surface area contributed by atoms with Gasteiger partial charge in [0.2, 0.25) is 17.3 Å². The zero-order valence-electron chi connectivity index (χ0n) is 22.4. The lowest BCUT2D eigenvalue weighted by molar-refractivity contribution is -0.116. The number of thiazole rings is 1. The van der Waals surface area contributed by atoms with Crippen molar-refractivity contribution in [3.8, 4) is 0 Å². The number of carbonyl (C=O) groups excluding carboxylic acids is 1. The van der Waals surface area contributed by atoms with Crippen LogP contribution in [0.3, 0.4) is 0 Å². The molecule has 0 saturated carbocycles. The Balaban J connectivity index is 0.00000308. The van der Waals surface area contributed by atoms with E-state index in [0.717, 1.165) is 69.0 Å². The lowest BCUT2D eigenvalue weighted by Crippen LogP contribution is -2.45. The van der Waals surface area contributed by atoms with Gasteiger partial charge in [0.25, 0.3) is 0 Å². The molecule has 0 unspecified atom stereocenters. The van der Waals surface area contributed by atoms with Gasteiger partial charge in [0.1, 0.15) is 10.5 Å². The lowest BCUT2D eigenvalue weighted by Gasteiger charge is -2.32. The number of aromatic nitrogens is 3. The summed E-state index contributed by atoms with van der Waals surface area (Å²) in [4.78, 5) is 46.2. The summed E-state index contributed by atoms with van der Waals surface area (Å²) in [5.41, 5.74) is 1.63. The van der Waals surface area contributed by atoms with E-state index in [1.54, 1.807) is 6.20 Å². The summed E-state index contributed by atoms with van der Waals surface area (Å²) in [6, 6.07) is 8.04. The van der Waals surface area contributed by atoms with E-state index < -0.39 is 0 Å². The topological polar surface area (TPSA) is 89.3 Å². The molecule has 1 N–H and O–H groups in total. The highest BCUT2D eigenvalue weighted by Crippen LogP contribution is 2.33. The van der Waals surface area contributed by atoms with E-state index in [2.05, 4.69) is 44.0 Å². The van der Waals surface area contributed by atoms with Crippen molar-refractivity contribution in [2.45, 2.75) is 12.8 Å². The van der Waals surface area contributed by atoms with Crippen molar-refractivity contribution in [3.63, 3.8) is 0 Å². The van der Waals surface area contributed by atoms with Crippen LogP contribution in [0.1, 0.15) is 12.8 Å². The molecule has 1 aromatic carbocycles. The molecule has 2 aliphatic rings. The maximum absolute atomic E-state index is 13.7. The molecule has 2 saturated heterocycles. The molecular weight excluding hydrogens is 536 g/mol. The van der Waals surface area contributed by atoms with Crippen molar-refractivity contribution < 1.29 is 4.79 Å². The Morgan fingerprint density at radius 3 is 2.56 bits per heavy atom. The maximum atomic E-state index is 13.7. The fourth-order valence-corrected chi connectivity index (χ4v) is 6.47. The number of pyridine rings is 1. The fraction of sp³-hybridized carbons (Fsp3) is 0.481. The third kappa shape index (κ3) is 5.59. The van der Waals surface area contributed by atoms with Gasteiger partial charge in [-0.3, -0.25) is 14.0 Å². The first-order valence-corrected chi connectivity index (χ1v) is 14.2. The molecule has 12 heteroatoms. The molecule has 1 amide bonds. The molecule has 208 valence electrons. The van der Waals surface area contributed by atoms with Crippen LogP contribution < -0.4 is 15.6 Å². The molecule has 3 aromatic heterocycles. The summed E-state index contributed by atoms with van der Waals surface area (Å²) in [7, 11) is 4.25. The van der Waals surface area contributed by atoms with E-state index in [0.29, 0.717) is 40.5 Å². The molecule has 2 aliphatic heterocycles. The number of nitrogens with zero attached hydrogens (tertiary/aromatic N) is 7. The number of carbonyl (C=O) groups is 1. The van der Waals surface area contributed by atoms with E-state index in [4.69, 9.17) is 4.98 Å². The van der Waals surface area contributed by atoms with Gasteiger partial charge in [0.05, 0.1) is 15.6 Å². The number of piperazine rings is 1. The first kappa shape index (κ1) is 27.7. The van der Waals surface area contributed by atoms with Gasteiger partial charge < -0.3 is 24.9 Å². The van der Waals surface area contributed by atoms with Gasteiger partial charge >= 0.3 is 0 Å². The van der Waals surface area contributed by atoms with E-state index in [1.165, 1.54) is 11.3 Å². The Morgan fingerprint density at radius 2 is 1.74 bits per heavy atom. The largest absolute Gasteiger partial charge is 0.339 e. The van der Waals surface area contributed by atoms with Crippen LogP contribution in [-0.2, 0) is 4.79 Å². The minimum Gasteiger partial charge on any atom is -0.339 e. The average Bonchev–Trinajstić information content (AvgIpc) is 3.18. The second kappa shape index (κ2) is 11.7. The van der Waals surface area contributed by atoms with Crippen LogP contribution >= 0.6 is 23.7 Å². The average molecular weight is 571 g/mol. The number of halogens is 1. The molecule has 4 aromatic rings. The quantitative estimate of drug-likeness (QED) is 0.392. The molecule has 6 rings (SSSR count). The van der Waals surface area contributed by atoms with Crippen LogP contribution in [0.2, 0.25) is 0 Å². The number of hydrogen-bond acceptors (Lipinski definition) is 9. The minimum atomic E-state index is -0.235. The van der Waals surface area contributed by atoms with E-state index in [1.807, 2.05) is 28.7 Å². The number of fused-ring (bicyclic) bond motifs is 5. The van der Waals surface area contributed by atoms with Crippen LogP contribution in [0, 0.1) is 0 Å². The zero-order valence-corrected chi connectivity index (χ0v) is 24.1. The van der Waals surface area contributed by atoms with Crippen LogP contribution in [-0.4, -0.2) is 108 Å². The lowest BCUT2D eigenvalue weighted by atomic mass is 10.2. The summed E-state index contributed by atoms with van der Waals surface area (Å²) in [6.07, 6.45) is 3.01. The number of rotatable bonds is 5. The van der Waals surface area contributed by atoms with E-state index in [-0.39, 0.29) is 23.7 Å². The van der Waals surface area contributed by atoms with Gasteiger partial charge in [0, 0.05) is 65.0 Å². The minimum absolute atomic E-state index is 0. The Kier molecular flexibility index (Phi) is 8.34. The van der Waals surface area contributed by atoms with Gasteiger partial charge in [0.15, 0.2) is 5.65 Å². The van der Waals surface area contributed by atoms with Crippen LogP contribution in [0.15, 0.2) is 35.3 Å². The molecule has 2 fully saturated rings. The van der Waals surface area contributed by atoms with Gasteiger partial charge in [-0.1, -0.05) is 12.1 Å². The first-order valence-electron chi connectivity index (χ1n) is 13.3. The second-order valence-electron chi connectivity index (χ2n) is 10.4. The van der Waals surface area contributed by atoms with Crippen molar-refractivity contribution in [1.82, 2.24) is 29.1 Å². The Morgan fingerprint density at radius 1 is 1.00 bits per heavy atom. The van der Waals surface area contributed by atoms with Gasteiger partial charge in [-0.15, -0.1) is 23.7 Å². The normalized spacial score (nSPS) is 17.9. The Hall–Kier alpha value is -2.83. The summed E-state index contributed by atoms with van der Waals surface area (Å²) >= 11 is 1.50. The van der Waals surface area contributed by atoms with Crippen molar-refractivity contribution in [1.29, 1.82) is 0 Å². The van der Waals surface area contributed by atoms with E-state index >= 15 is 0 Å². The first-order chi connectivity index (χ1) is 18.5. The van der Waals surface area contributed by atoms with Gasteiger partial charge in [-0.05, 0) is 39.2 Å². The maximum Gasteiger partial charge on any atom is 0.227 e. The predicted octanol–water partition coefficient (Wildman–Crippen LogP) is 2.60. The smallest absolute Gasteiger partial charge is 0.227 e. The zero-order chi connectivity index (χ0) is 26.2. The molecule has 0 bridgehead atoms. The Bertz CT molecular complexity index is 1550. The number of benzene rings is 1. The molecule has 0 spiro atoms. The summed E-state index contributed by atoms with van der Waals surface area (Å²) in [6.45, 7) is 8.30. The van der Waals surface area contributed by atoms with Crippen LogP contribution in [0.4, 0.5) is 11.6 Å². The third-order valence-electron chi connectivity index (χ3n) is 7.69. The highest BCUT2D eigenvalue weighted by atomic mass is 35.5. The number of para-hydroxylation sites is 1. The van der Waals surface area contributed by atoms with Crippen LogP contribution in [0.25, 0.3) is 26.1 Å². The summed E-state index contributed by atoms with van der Waals surface area (Å²) < 4.78 is 3.05. The van der Waals surface area contributed by atoms with Gasteiger partial charge in [-0.2, -0.15) is 4.98 Å². The molecule has 10 nitrogen and oxygen atoms in total. The number of likely N-dealkylation sites (N-methyl/N-ethyl adjacent to an activating group) is 2. The highest BCUT2D eigenvalue weighted by molar-refractivity contribution is 7.24. The molecular formula is C27H35ClN8O2S. The number of amides is 1. The van der Waals surface area contributed by atoms with Crippen molar-refractivity contribution >= 4 is 67.4 Å². The molecule has 5 heterocycles. The predicted molar refractivity (Wildman–Crippen MR) is 161 cm³/mol. The Labute approximate surface area is 237 Å². The number of nitrogens with one attached hydrogen (secondary N) is 1. The van der Waals surface area contributed by atoms with Crippen molar-refractivity contribution in [3.05, 3.63) is 40.7 Å². The fourth-order valence-electron chi connectivity index (χ4n) is 5.33. The van der Waals surface area contributed by atoms with Gasteiger partial charge in [-0.25, -0.2) is 4.98 Å². The molecule has 0 radical (unpaired) electrons. The number of anilines is 2. The van der Waals surface area contributed by atoms with Crippen molar-refractivity contribution in [2.24, 2.45) is 0 Å². The molecule has 39 heavy (non-hydrogen) atoms.